The van der Waals surface area contributed by atoms with Gasteiger partial charge in [-0.15, -0.1) is 0 Å². The summed E-state index contributed by atoms with van der Waals surface area (Å²) in [4.78, 5) is 36.0. The van der Waals surface area contributed by atoms with E-state index in [4.69, 9.17) is 21.3 Å². The van der Waals surface area contributed by atoms with Crippen LogP contribution in [0.15, 0.2) is 53.6 Å². The third kappa shape index (κ3) is 4.61. The highest BCUT2D eigenvalue weighted by molar-refractivity contribution is 6.30. The molecular formula is C26H27ClN4O3. The molecule has 0 aliphatic heterocycles. The van der Waals surface area contributed by atoms with E-state index >= 15 is 0 Å². The van der Waals surface area contributed by atoms with Crippen LogP contribution >= 0.6 is 11.6 Å². The lowest BCUT2D eigenvalue weighted by Gasteiger charge is -2.13. The highest BCUT2D eigenvalue weighted by Gasteiger charge is 2.28. The number of ketones is 1. The van der Waals surface area contributed by atoms with E-state index in [0.29, 0.717) is 40.5 Å². The van der Waals surface area contributed by atoms with E-state index in [1.165, 1.54) is 0 Å². The summed E-state index contributed by atoms with van der Waals surface area (Å²) in [5.41, 5.74) is 2.27. The molecule has 176 valence electrons. The predicted molar refractivity (Wildman–Crippen MR) is 133 cm³/mol. The Labute approximate surface area is 203 Å². The number of aryl methyl sites for hydroxylation is 2. The first kappa shape index (κ1) is 23.7. The minimum atomic E-state index is -0.240. The molecule has 0 atom stereocenters. The van der Waals surface area contributed by atoms with Gasteiger partial charge in [-0.3, -0.25) is 19.1 Å². The lowest BCUT2D eigenvalue weighted by molar-refractivity contribution is 0.0979. The number of halogens is 1. The van der Waals surface area contributed by atoms with Crippen LogP contribution in [-0.2, 0) is 26.4 Å². The van der Waals surface area contributed by atoms with Crippen LogP contribution < -0.4 is 10.3 Å². The maximum Gasteiger partial charge on any atom is 0.267 e. The minimum absolute atomic E-state index is 0.152. The van der Waals surface area contributed by atoms with E-state index in [2.05, 4.69) is 4.98 Å². The number of fused-ring (bicyclic) bond motifs is 1. The zero-order valence-corrected chi connectivity index (χ0v) is 20.5. The van der Waals surface area contributed by atoms with Crippen LogP contribution in [0.4, 0.5) is 0 Å². The molecule has 3 heterocycles. The summed E-state index contributed by atoms with van der Waals surface area (Å²) < 4.78 is 9.41. The van der Waals surface area contributed by atoms with Crippen molar-refractivity contribution in [3.05, 3.63) is 86.8 Å². The van der Waals surface area contributed by atoms with Crippen LogP contribution in [0.3, 0.4) is 0 Å². The Morgan fingerprint density at radius 3 is 2.53 bits per heavy atom. The number of hydrogen-bond donors (Lipinski definition) is 0. The molecule has 4 rings (SSSR count). The molecule has 0 N–H and O–H groups in total. The molecule has 0 saturated heterocycles. The Kier molecular flexibility index (Phi) is 6.84. The van der Waals surface area contributed by atoms with Gasteiger partial charge < -0.3 is 9.30 Å². The number of nitrogens with zero attached hydrogens (tertiary/aromatic N) is 4. The van der Waals surface area contributed by atoms with Crippen LogP contribution in [-0.4, -0.2) is 31.0 Å². The number of hydrogen-bond acceptors (Lipinski definition) is 5. The highest BCUT2D eigenvalue weighted by Crippen LogP contribution is 2.32. The Morgan fingerprint density at radius 1 is 1.15 bits per heavy atom. The second-order valence-electron chi connectivity index (χ2n) is 8.46. The van der Waals surface area contributed by atoms with E-state index in [1.807, 2.05) is 39.0 Å². The van der Waals surface area contributed by atoms with Crippen molar-refractivity contribution in [2.45, 2.75) is 46.3 Å². The van der Waals surface area contributed by atoms with Crippen molar-refractivity contribution in [1.82, 2.24) is 19.1 Å². The predicted octanol–water partition coefficient (Wildman–Crippen LogP) is 4.61. The van der Waals surface area contributed by atoms with Crippen LogP contribution in [0.1, 0.15) is 48.2 Å². The van der Waals surface area contributed by atoms with Gasteiger partial charge in [0.05, 0.1) is 12.6 Å². The van der Waals surface area contributed by atoms with Crippen LogP contribution in [0, 0.1) is 0 Å². The Morgan fingerprint density at radius 2 is 1.88 bits per heavy atom. The van der Waals surface area contributed by atoms with Crippen LogP contribution in [0.2, 0.25) is 5.02 Å². The van der Waals surface area contributed by atoms with Gasteiger partial charge in [-0.2, -0.15) is 0 Å². The van der Waals surface area contributed by atoms with Gasteiger partial charge in [-0.05, 0) is 49.2 Å². The highest BCUT2D eigenvalue weighted by atomic mass is 35.5. The van der Waals surface area contributed by atoms with Gasteiger partial charge in [0.2, 0.25) is 0 Å². The summed E-state index contributed by atoms with van der Waals surface area (Å²) in [6.45, 7) is 6.01. The van der Waals surface area contributed by atoms with Crippen molar-refractivity contribution in [3.8, 4) is 5.75 Å². The first-order chi connectivity index (χ1) is 16.3. The largest absolute Gasteiger partial charge is 0.488 e. The van der Waals surface area contributed by atoms with Crippen LogP contribution in [0.25, 0.3) is 11.0 Å². The minimum Gasteiger partial charge on any atom is -0.488 e. The van der Waals surface area contributed by atoms with Crippen molar-refractivity contribution in [3.63, 3.8) is 0 Å². The fourth-order valence-corrected chi connectivity index (χ4v) is 4.30. The lowest BCUT2D eigenvalue weighted by atomic mass is 10.1. The molecule has 0 spiro atoms. The third-order valence-electron chi connectivity index (χ3n) is 5.60. The molecule has 0 bridgehead atoms. The molecule has 0 aliphatic carbocycles. The van der Waals surface area contributed by atoms with Gasteiger partial charge >= 0.3 is 0 Å². The first-order valence-electron chi connectivity index (χ1n) is 11.2. The maximum absolute atomic E-state index is 13.8. The molecule has 34 heavy (non-hydrogen) atoms. The van der Waals surface area contributed by atoms with Crippen molar-refractivity contribution < 1.29 is 9.53 Å². The number of Topliss-reactive ketones (excluding diaryl/α,β-unsaturated/α-hetero) is 1. The molecule has 8 heteroatoms. The van der Waals surface area contributed by atoms with Gasteiger partial charge in [-0.1, -0.05) is 30.7 Å². The summed E-state index contributed by atoms with van der Waals surface area (Å²) in [7, 11) is 1.75. The van der Waals surface area contributed by atoms with Gasteiger partial charge in [0.15, 0.2) is 17.2 Å². The summed E-state index contributed by atoms with van der Waals surface area (Å²) in [5, 5.41) is 0.915. The van der Waals surface area contributed by atoms with E-state index in [0.717, 1.165) is 11.1 Å². The standard InChI is InChI=1S/C26H27ClN4O3/c1-5-21-29-25-22(26(33)31(21)15-18-7-6-8-19(27)13-18)24(34-16(2)3)23(30(25)4)20(32)14-17-9-11-28-12-10-17/h6-13,16H,5,14-15H2,1-4H3. The molecule has 3 aromatic heterocycles. The number of aromatic nitrogens is 4. The second kappa shape index (κ2) is 9.81. The zero-order valence-electron chi connectivity index (χ0n) is 19.7. The van der Waals surface area contributed by atoms with Gasteiger partial charge in [0.25, 0.3) is 5.56 Å². The lowest BCUT2D eigenvalue weighted by Crippen LogP contribution is -2.26. The van der Waals surface area contributed by atoms with Gasteiger partial charge in [-0.25, -0.2) is 4.98 Å². The molecule has 0 fully saturated rings. The molecule has 0 radical (unpaired) electrons. The number of carbonyl (C=O) groups is 1. The molecule has 7 nitrogen and oxygen atoms in total. The smallest absolute Gasteiger partial charge is 0.267 e. The number of rotatable bonds is 8. The molecule has 0 saturated carbocycles. The summed E-state index contributed by atoms with van der Waals surface area (Å²) in [5.74, 6) is 0.759. The normalized spacial score (nSPS) is 11.4. The molecule has 0 amide bonds. The number of pyridine rings is 1. The van der Waals surface area contributed by atoms with E-state index < -0.39 is 0 Å². The first-order valence-corrected chi connectivity index (χ1v) is 11.6. The second-order valence-corrected chi connectivity index (χ2v) is 8.90. The maximum atomic E-state index is 13.8. The van der Waals surface area contributed by atoms with Gasteiger partial charge in [0.1, 0.15) is 16.9 Å². The van der Waals surface area contributed by atoms with Crippen molar-refractivity contribution >= 4 is 28.4 Å². The molecule has 0 unspecified atom stereocenters. The Balaban J connectivity index is 1.91. The van der Waals surface area contributed by atoms with Crippen molar-refractivity contribution in [1.29, 1.82) is 0 Å². The summed E-state index contributed by atoms with van der Waals surface area (Å²) in [6, 6.07) is 11.0. The van der Waals surface area contributed by atoms with Crippen LogP contribution in [0.5, 0.6) is 5.75 Å². The fraction of sp³-hybridized carbons (Fsp3) is 0.308. The third-order valence-corrected chi connectivity index (χ3v) is 5.84. The average Bonchev–Trinajstić information content (AvgIpc) is 3.07. The molecule has 0 aliphatic rings. The zero-order chi connectivity index (χ0) is 24.4. The Hall–Kier alpha value is -3.45. The van der Waals surface area contributed by atoms with Crippen molar-refractivity contribution in [2.75, 3.05) is 0 Å². The van der Waals surface area contributed by atoms with Gasteiger partial charge in [0, 0.05) is 37.3 Å². The number of ether oxygens (including phenoxy) is 1. The quantitative estimate of drug-likeness (QED) is 0.346. The molecule has 4 aromatic rings. The molecule has 1 aromatic carbocycles. The van der Waals surface area contributed by atoms with E-state index in [1.54, 1.807) is 46.8 Å². The number of benzene rings is 1. The van der Waals surface area contributed by atoms with Crippen molar-refractivity contribution in [2.24, 2.45) is 7.05 Å². The Bertz CT molecular complexity index is 1410. The van der Waals surface area contributed by atoms with E-state index in [-0.39, 0.29) is 29.6 Å². The summed E-state index contributed by atoms with van der Waals surface area (Å²) in [6.07, 6.45) is 3.79. The molecular weight excluding hydrogens is 452 g/mol. The number of carbonyl (C=O) groups excluding carboxylic acids is 1. The topological polar surface area (TPSA) is 79.0 Å². The van der Waals surface area contributed by atoms with E-state index in [9.17, 15) is 9.59 Å². The SMILES string of the molecule is CCc1nc2c(c(OC(C)C)c(C(=O)Cc3ccncc3)n2C)c(=O)n1Cc1cccc(Cl)c1. The fourth-order valence-electron chi connectivity index (χ4n) is 4.09. The monoisotopic (exact) mass is 478 g/mol. The average molecular weight is 479 g/mol. The summed E-state index contributed by atoms with van der Waals surface area (Å²) >= 11 is 6.16.